The Hall–Kier alpha value is -3.21. The predicted molar refractivity (Wildman–Crippen MR) is 100 cm³/mol. The third-order valence-electron chi connectivity index (χ3n) is 4.91. The lowest BCUT2D eigenvalue weighted by Gasteiger charge is -2.14. The van der Waals surface area contributed by atoms with Crippen LogP contribution in [0.5, 0.6) is 0 Å². The van der Waals surface area contributed by atoms with Crippen LogP contribution >= 0.6 is 0 Å². The number of hydrogen-bond acceptors (Lipinski definition) is 3. The maximum absolute atomic E-state index is 12.7. The number of anilines is 1. The molecule has 1 amide bonds. The maximum atomic E-state index is 12.7. The molecule has 1 aliphatic carbocycles. The van der Waals surface area contributed by atoms with Gasteiger partial charge >= 0.3 is 0 Å². The van der Waals surface area contributed by atoms with Gasteiger partial charge in [-0.25, -0.2) is 4.68 Å². The van der Waals surface area contributed by atoms with E-state index in [1.54, 1.807) is 29.1 Å². The number of fused-ring (bicyclic) bond motifs is 3. The van der Waals surface area contributed by atoms with Gasteiger partial charge < -0.3 is 5.32 Å². The molecule has 0 radical (unpaired) electrons. The average molecular weight is 345 g/mol. The summed E-state index contributed by atoms with van der Waals surface area (Å²) in [6.07, 6.45) is 2.58. The van der Waals surface area contributed by atoms with Gasteiger partial charge in [-0.3, -0.25) is 9.59 Å². The van der Waals surface area contributed by atoms with Gasteiger partial charge in [0.05, 0.1) is 12.2 Å². The Morgan fingerprint density at radius 2 is 1.81 bits per heavy atom. The largest absolute Gasteiger partial charge is 0.307 e. The number of benzene rings is 2. The molecule has 0 aliphatic heterocycles. The number of rotatable bonds is 4. The van der Waals surface area contributed by atoms with Crippen LogP contribution in [0.15, 0.2) is 54.7 Å². The lowest BCUT2D eigenvalue weighted by molar-refractivity contribution is 0.102. The van der Waals surface area contributed by atoms with E-state index in [1.165, 1.54) is 0 Å². The fourth-order valence-corrected chi connectivity index (χ4v) is 3.30. The van der Waals surface area contributed by atoms with Crippen molar-refractivity contribution < 1.29 is 9.59 Å². The molecule has 0 bridgehead atoms. The highest BCUT2D eigenvalue weighted by Gasteiger charge is 2.27. The molecule has 130 valence electrons. The zero-order chi connectivity index (χ0) is 18.3. The summed E-state index contributed by atoms with van der Waals surface area (Å²) >= 11 is 0. The summed E-state index contributed by atoms with van der Waals surface area (Å²) in [6.45, 7) is 4.12. The van der Waals surface area contributed by atoms with Crippen molar-refractivity contribution in [3.8, 4) is 11.1 Å². The molecular formula is C21H19N3O2. The van der Waals surface area contributed by atoms with Crippen molar-refractivity contribution in [1.82, 2.24) is 9.78 Å². The molecule has 1 unspecified atom stereocenters. The molecule has 1 aliphatic rings. The van der Waals surface area contributed by atoms with E-state index in [9.17, 15) is 9.59 Å². The number of amides is 1. The van der Waals surface area contributed by atoms with Crippen molar-refractivity contribution in [3.05, 3.63) is 71.4 Å². The van der Waals surface area contributed by atoms with Crippen LogP contribution in [0, 0.1) is 0 Å². The molecule has 1 atom stereocenters. The molecule has 5 heteroatoms. The molecule has 2 aromatic carbocycles. The van der Waals surface area contributed by atoms with Crippen molar-refractivity contribution in [2.45, 2.75) is 26.3 Å². The number of aromatic nitrogens is 2. The summed E-state index contributed by atoms with van der Waals surface area (Å²) in [5, 5.41) is 7.18. The van der Waals surface area contributed by atoms with E-state index >= 15 is 0 Å². The van der Waals surface area contributed by atoms with Crippen LogP contribution in [0.1, 0.15) is 52.6 Å². The van der Waals surface area contributed by atoms with E-state index in [0.717, 1.165) is 17.5 Å². The summed E-state index contributed by atoms with van der Waals surface area (Å²) in [6, 6.07) is 14.8. The molecule has 1 N–H and O–H groups in total. The van der Waals surface area contributed by atoms with Gasteiger partial charge in [-0.1, -0.05) is 37.3 Å². The first-order valence-corrected chi connectivity index (χ1v) is 8.73. The zero-order valence-electron chi connectivity index (χ0n) is 14.7. The second-order valence-electron chi connectivity index (χ2n) is 6.51. The second-order valence-corrected chi connectivity index (χ2v) is 6.51. The molecular weight excluding hydrogens is 326 g/mol. The van der Waals surface area contributed by atoms with Gasteiger partial charge in [-0.2, -0.15) is 5.10 Å². The van der Waals surface area contributed by atoms with Crippen LogP contribution in [0.4, 0.5) is 5.82 Å². The van der Waals surface area contributed by atoms with Crippen molar-refractivity contribution in [2.24, 2.45) is 0 Å². The predicted octanol–water partition coefficient (Wildman–Crippen LogP) is 4.32. The maximum Gasteiger partial charge on any atom is 0.256 e. The van der Waals surface area contributed by atoms with E-state index in [2.05, 4.69) is 17.3 Å². The number of nitrogens with one attached hydrogen (secondary N) is 1. The fraction of sp³-hybridized carbons (Fsp3) is 0.190. The molecule has 5 nitrogen and oxygen atoms in total. The fourth-order valence-electron chi connectivity index (χ4n) is 3.30. The average Bonchev–Trinajstić information content (AvgIpc) is 3.24. The third-order valence-corrected chi connectivity index (χ3v) is 4.91. The van der Waals surface area contributed by atoms with Gasteiger partial charge in [0.1, 0.15) is 5.82 Å². The molecule has 0 spiro atoms. The lowest BCUT2D eigenvalue weighted by atomic mass is 10.0. The number of carbonyl (C=O) groups excluding carboxylic acids is 2. The van der Waals surface area contributed by atoms with Crippen LogP contribution in [-0.4, -0.2) is 21.5 Å². The minimum Gasteiger partial charge on any atom is -0.307 e. The van der Waals surface area contributed by atoms with E-state index in [-0.39, 0.29) is 17.7 Å². The molecule has 0 saturated heterocycles. The second kappa shape index (κ2) is 6.26. The minimum atomic E-state index is -0.249. The first-order valence-electron chi connectivity index (χ1n) is 8.73. The molecule has 3 aromatic rings. The van der Waals surface area contributed by atoms with Crippen molar-refractivity contribution in [3.63, 3.8) is 0 Å². The summed E-state index contributed by atoms with van der Waals surface area (Å²) < 4.78 is 1.80. The van der Waals surface area contributed by atoms with Gasteiger partial charge in [0.2, 0.25) is 0 Å². The standard InChI is InChI=1S/C21H19N3O2/c1-3-13(2)24-19(10-11-22-24)23-21(26)14-8-9-16-15-6-4-5-7-17(15)20(25)18(16)12-14/h4-13H,3H2,1-2H3,(H,23,26). The van der Waals surface area contributed by atoms with Crippen LogP contribution < -0.4 is 5.32 Å². The Labute approximate surface area is 151 Å². The van der Waals surface area contributed by atoms with Crippen LogP contribution in [-0.2, 0) is 0 Å². The van der Waals surface area contributed by atoms with Crippen LogP contribution in [0.3, 0.4) is 0 Å². The van der Waals surface area contributed by atoms with Gasteiger partial charge in [-0.05, 0) is 36.6 Å². The Kier molecular flexibility index (Phi) is 3.92. The van der Waals surface area contributed by atoms with Crippen molar-refractivity contribution >= 4 is 17.5 Å². The normalized spacial score (nSPS) is 13.2. The van der Waals surface area contributed by atoms with E-state index in [1.807, 2.05) is 37.3 Å². The van der Waals surface area contributed by atoms with E-state index in [4.69, 9.17) is 0 Å². The van der Waals surface area contributed by atoms with Crippen LogP contribution in [0.25, 0.3) is 11.1 Å². The third kappa shape index (κ3) is 2.52. The first-order chi connectivity index (χ1) is 12.6. The van der Waals surface area contributed by atoms with E-state index < -0.39 is 0 Å². The van der Waals surface area contributed by atoms with Gasteiger partial charge in [0.15, 0.2) is 5.78 Å². The van der Waals surface area contributed by atoms with Crippen molar-refractivity contribution in [1.29, 1.82) is 0 Å². The van der Waals surface area contributed by atoms with Gasteiger partial charge in [0.25, 0.3) is 5.91 Å². The molecule has 4 rings (SSSR count). The number of nitrogens with zero attached hydrogens (tertiary/aromatic N) is 2. The molecule has 0 saturated carbocycles. The zero-order valence-corrected chi connectivity index (χ0v) is 14.7. The highest BCUT2D eigenvalue weighted by Crippen LogP contribution is 2.36. The Morgan fingerprint density at radius 1 is 1.08 bits per heavy atom. The Morgan fingerprint density at radius 3 is 2.58 bits per heavy atom. The number of carbonyl (C=O) groups is 2. The lowest BCUT2D eigenvalue weighted by Crippen LogP contribution is -2.17. The Bertz CT molecular complexity index is 1020. The summed E-state index contributed by atoms with van der Waals surface area (Å²) in [4.78, 5) is 25.3. The molecule has 0 fully saturated rings. The molecule has 26 heavy (non-hydrogen) atoms. The highest BCUT2D eigenvalue weighted by molar-refractivity contribution is 6.22. The monoisotopic (exact) mass is 345 g/mol. The molecule has 1 heterocycles. The van der Waals surface area contributed by atoms with Crippen molar-refractivity contribution in [2.75, 3.05) is 5.32 Å². The van der Waals surface area contributed by atoms with Crippen LogP contribution in [0.2, 0.25) is 0 Å². The first kappa shape index (κ1) is 16.3. The number of ketones is 1. The minimum absolute atomic E-state index is 0.0325. The SMILES string of the molecule is CCC(C)n1nccc1NC(=O)c1ccc2c(c1)C(=O)c1ccccc1-2. The summed E-state index contributed by atoms with van der Waals surface area (Å²) in [7, 11) is 0. The highest BCUT2D eigenvalue weighted by atomic mass is 16.2. The van der Waals surface area contributed by atoms with E-state index in [0.29, 0.717) is 22.5 Å². The number of hydrogen-bond donors (Lipinski definition) is 1. The summed E-state index contributed by atoms with van der Waals surface area (Å²) in [5.41, 5.74) is 3.53. The Balaban J connectivity index is 1.64. The smallest absolute Gasteiger partial charge is 0.256 e. The quantitative estimate of drug-likeness (QED) is 0.599. The topological polar surface area (TPSA) is 64.0 Å². The van der Waals surface area contributed by atoms with Gasteiger partial charge in [-0.15, -0.1) is 0 Å². The van der Waals surface area contributed by atoms with Gasteiger partial charge in [0, 0.05) is 22.8 Å². The summed E-state index contributed by atoms with van der Waals surface area (Å²) in [5.74, 6) is 0.371. The molecule has 1 aromatic heterocycles.